The predicted molar refractivity (Wildman–Crippen MR) is 145 cm³/mol. The molecule has 3 amide bonds. The highest BCUT2D eigenvalue weighted by Gasteiger charge is 2.30. The number of carbonyl (C=O) groups excluding carboxylic acids is 3. The molecule has 1 aromatic carbocycles. The molecule has 0 heterocycles. The summed E-state index contributed by atoms with van der Waals surface area (Å²) >= 11 is 4.01. The minimum atomic E-state index is -1.17. The monoisotopic (exact) mass is 537 g/mol. The first kappa shape index (κ1) is 31.7. The van der Waals surface area contributed by atoms with Crippen molar-refractivity contribution in [2.24, 2.45) is 28.1 Å². The number of thiol groups is 1. The molecule has 4 unspecified atom stereocenters. The first-order valence-electron chi connectivity index (χ1n) is 12.0. The number of hydrogen-bond donors (Lipinski definition) is 8. The number of nitrogens with zero attached hydrogens (tertiary/aromatic N) is 1. The Labute approximate surface area is 222 Å². The van der Waals surface area contributed by atoms with E-state index in [0.29, 0.717) is 6.42 Å². The number of benzene rings is 1. The Morgan fingerprint density at radius 2 is 1.51 bits per heavy atom. The Bertz CT molecular complexity index is 925. The third kappa shape index (κ3) is 12.5. The molecule has 0 radical (unpaired) electrons. The van der Waals surface area contributed by atoms with Crippen LogP contribution in [0, 0.1) is 5.92 Å². The molecule has 10 N–H and O–H groups in total. The number of aliphatic carboxylic acids is 1. The van der Waals surface area contributed by atoms with Gasteiger partial charge >= 0.3 is 5.97 Å². The highest BCUT2D eigenvalue weighted by atomic mass is 32.1. The fraction of sp³-hybridized carbons (Fsp3) is 0.542. The standard InChI is InChI=1S/C24H39N7O5S/c1-14(2)11-19(23(35)36)31-22(34)18(12-15-7-4-3-5-8-15)30-21(33)17(9-6-10-28-24(26)27)29-20(32)16(25)13-37/h3-5,7-8,14,16-19,37H,6,9-13,25H2,1-2H3,(H,29,32)(H,30,33)(H,31,34)(H,35,36)(H4,26,27,28). The van der Waals surface area contributed by atoms with Crippen LogP contribution < -0.4 is 33.2 Å². The lowest BCUT2D eigenvalue weighted by Crippen LogP contribution is -2.57. The molecule has 37 heavy (non-hydrogen) atoms. The summed E-state index contributed by atoms with van der Waals surface area (Å²) < 4.78 is 0. The second-order valence-corrected chi connectivity index (χ2v) is 9.44. The minimum Gasteiger partial charge on any atom is -0.480 e. The Morgan fingerprint density at radius 1 is 0.946 bits per heavy atom. The molecule has 12 nitrogen and oxygen atoms in total. The number of guanidine groups is 1. The van der Waals surface area contributed by atoms with E-state index in [9.17, 15) is 24.3 Å². The Hall–Kier alpha value is -3.32. The molecule has 0 saturated heterocycles. The molecular formula is C24H39N7O5S. The van der Waals surface area contributed by atoms with Gasteiger partial charge in [-0.2, -0.15) is 12.6 Å². The zero-order valence-electron chi connectivity index (χ0n) is 21.2. The lowest BCUT2D eigenvalue weighted by Gasteiger charge is -2.25. The van der Waals surface area contributed by atoms with Gasteiger partial charge in [0.25, 0.3) is 0 Å². The number of aliphatic imine (C=N–C) groups is 1. The molecule has 0 spiro atoms. The fourth-order valence-corrected chi connectivity index (χ4v) is 3.60. The van der Waals surface area contributed by atoms with Crippen LogP contribution in [-0.2, 0) is 25.6 Å². The molecule has 1 rings (SSSR count). The lowest BCUT2D eigenvalue weighted by atomic mass is 10.0. The average molecular weight is 538 g/mol. The van der Waals surface area contributed by atoms with Crippen molar-refractivity contribution in [3.63, 3.8) is 0 Å². The van der Waals surface area contributed by atoms with Crippen LogP contribution in [0.15, 0.2) is 35.3 Å². The molecule has 0 bridgehead atoms. The van der Waals surface area contributed by atoms with Crippen molar-refractivity contribution >= 4 is 42.3 Å². The second kappa shape index (κ2) is 16.4. The Kier molecular flexibility index (Phi) is 14.1. The van der Waals surface area contributed by atoms with Crippen molar-refractivity contribution in [2.45, 2.75) is 63.7 Å². The maximum absolute atomic E-state index is 13.3. The molecule has 0 aliphatic heterocycles. The minimum absolute atomic E-state index is 0.0180. The number of carboxylic acids is 1. The number of nitrogens with one attached hydrogen (secondary N) is 3. The summed E-state index contributed by atoms with van der Waals surface area (Å²) in [5, 5.41) is 17.3. The van der Waals surface area contributed by atoms with Crippen molar-refractivity contribution in [3.8, 4) is 0 Å². The first-order chi connectivity index (χ1) is 17.4. The summed E-state index contributed by atoms with van der Waals surface area (Å²) in [4.78, 5) is 54.4. The van der Waals surface area contributed by atoms with Crippen molar-refractivity contribution < 1.29 is 24.3 Å². The fourth-order valence-electron chi connectivity index (χ4n) is 3.43. The maximum Gasteiger partial charge on any atom is 0.326 e. The summed E-state index contributed by atoms with van der Waals surface area (Å²) in [6.07, 6.45) is 0.852. The van der Waals surface area contributed by atoms with Gasteiger partial charge in [-0.05, 0) is 30.7 Å². The van der Waals surface area contributed by atoms with E-state index >= 15 is 0 Å². The van der Waals surface area contributed by atoms with Crippen LogP contribution in [0.25, 0.3) is 0 Å². The topological polar surface area (TPSA) is 215 Å². The van der Waals surface area contributed by atoms with Gasteiger partial charge in [0.05, 0.1) is 6.04 Å². The number of hydrogen-bond acceptors (Lipinski definition) is 7. The quantitative estimate of drug-likeness (QED) is 0.0572. The van der Waals surface area contributed by atoms with Crippen LogP contribution in [0.5, 0.6) is 0 Å². The largest absolute Gasteiger partial charge is 0.480 e. The van der Waals surface area contributed by atoms with Gasteiger partial charge in [-0.1, -0.05) is 44.2 Å². The van der Waals surface area contributed by atoms with Gasteiger partial charge in [0, 0.05) is 18.7 Å². The van der Waals surface area contributed by atoms with Gasteiger partial charge in [0.1, 0.15) is 18.1 Å². The van der Waals surface area contributed by atoms with Gasteiger partial charge in [-0.15, -0.1) is 0 Å². The molecule has 0 fully saturated rings. The van der Waals surface area contributed by atoms with Crippen LogP contribution >= 0.6 is 12.6 Å². The van der Waals surface area contributed by atoms with Crippen LogP contribution in [0.1, 0.15) is 38.7 Å². The van der Waals surface area contributed by atoms with E-state index in [-0.39, 0.29) is 43.4 Å². The van der Waals surface area contributed by atoms with Crippen molar-refractivity contribution in [3.05, 3.63) is 35.9 Å². The van der Waals surface area contributed by atoms with E-state index in [1.165, 1.54) is 0 Å². The zero-order chi connectivity index (χ0) is 28.0. The SMILES string of the molecule is CC(C)CC(NC(=O)C(Cc1ccccc1)NC(=O)C(CCCN=C(N)N)NC(=O)C(N)CS)C(=O)O. The number of carboxylic acid groups (broad SMARTS) is 1. The number of rotatable bonds is 16. The van der Waals surface area contributed by atoms with Gasteiger partial charge in [0.2, 0.25) is 17.7 Å². The summed E-state index contributed by atoms with van der Waals surface area (Å²) in [6, 6.07) is 4.77. The highest BCUT2D eigenvalue weighted by molar-refractivity contribution is 7.80. The number of nitrogens with two attached hydrogens (primary N) is 3. The molecular weight excluding hydrogens is 498 g/mol. The summed E-state index contributed by atoms with van der Waals surface area (Å²) in [5.41, 5.74) is 17.2. The van der Waals surface area contributed by atoms with Gasteiger partial charge in [0.15, 0.2) is 5.96 Å². The average Bonchev–Trinajstić information content (AvgIpc) is 2.84. The second-order valence-electron chi connectivity index (χ2n) is 9.08. The van der Waals surface area contributed by atoms with Crippen LogP contribution in [0.4, 0.5) is 0 Å². The third-order valence-electron chi connectivity index (χ3n) is 5.35. The zero-order valence-corrected chi connectivity index (χ0v) is 22.1. The first-order valence-corrected chi connectivity index (χ1v) is 12.7. The van der Waals surface area contributed by atoms with Gasteiger partial charge in [-0.25, -0.2) is 4.79 Å². The summed E-state index contributed by atoms with van der Waals surface area (Å²) in [6.45, 7) is 3.91. The smallest absolute Gasteiger partial charge is 0.326 e. The van der Waals surface area contributed by atoms with Crippen LogP contribution in [-0.4, -0.2) is 71.2 Å². The van der Waals surface area contributed by atoms with E-state index in [2.05, 4.69) is 33.6 Å². The van der Waals surface area contributed by atoms with Crippen molar-refractivity contribution in [1.29, 1.82) is 0 Å². The molecule has 0 aliphatic rings. The van der Waals surface area contributed by atoms with Gasteiger partial charge in [-0.3, -0.25) is 19.4 Å². The molecule has 0 aromatic heterocycles. The molecule has 1 aromatic rings. The lowest BCUT2D eigenvalue weighted by molar-refractivity contribution is -0.142. The normalized spacial score (nSPS) is 14.1. The van der Waals surface area contributed by atoms with Crippen molar-refractivity contribution in [2.75, 3.05) is 12.3 Å². The molecule has 0 saturated carbocycles. The predicted octanol–water partition coefficient (Wildman–Crippen LogP) is -0.875. The molecule has 206 valence electrons. The van der Waals surface area contributed by atoms with E-state index in [1.807, 2.05) is 19.9 Å². The molecule has 13 heteroatoms. The Balaban J connectivity index is 3.13. The maximum atomic E-state index is 13.3. The van der Waals surface area contributed by atoms with E-state index in [4.69, 9.17) is 17.2 Å². The summed E-state index contributed by atoms with van der Waals surface area (Å²) in [7, 11) is 0. The third-order valence-corrected chi connectivity index (χ3v) is 5.74. The van der Waals surface area contributed by atoms with E-state index in [1.54, 1.807) is 24.3 Å². The summed E-state index contributed by atoms with van der Waals surface area (Å²) in [5.74, 6) is -3.04. The van der Waals surface area contributed by atoms with Crippen molar-refractivity contribution in [1.82, 2.24) is 16.0 Å². The molecule has 4 atom stereocenters. The number of amides is 3. The van der Waals surface area contributed by atoms with Gasteiger partial charge < -0.3 is 38.3 Å². The van der Waals surface area contributed by atoms with Crippen LogP contribution in [0.3, 0.4) is 0 Å². The van der Waals surface area contributed by atoms with Crippen LogP contribution in [0.2, 0.25) is 0 Å². The number of carbonyl (C=O) groups is 4. The Morgan fingerprint density at radius 3 is 2.05 bits per heavy atom. The van der Waals surface area contributed by atoms with E-state index in [0.717, 1.165) is 5.56 Å². The molecule has 0 aliphatic carbocycles. The van der Waals surface area contributed by atoms with E-state index < -0.39 is 47.9 Å². The highest BCUT2D eigenvalue weighted by Crippen LogP contribution is 2.09.